The van der Waals surface area contributed by atoms with E-state index in [4.69, 9.17) is 42.6 Å². The number of epoxide rings is 1. The van der Waals surface area contributed by atoms with Gasteiger partial charge in [-0.1, -0.05) is 70.6 Å². The highest BCUT2D eigenvalue weighted by molar-refractivity contribution is 5.82. The number of methoxy groups -OCH3 is 5. The number of nitrogens with zero attached hydrogens (tertiary/aromatic N) is 1. The summed E-state index contributed by atoms with van der Waals surface area (Å²) >= 11 is 0. The first-order valence-corrected chi connectivity index (χ1v) is 22.3. The van der Waals surface area contributed by atoms with Crippen molar-refractivity contribution in [2.24, 2.45) is 29.6 Å². The summed E-state index contributed by atoms with van der Waals surface area (Å²) < 4.78 is 55.0. The van der Waals surface area contributed by atoms with Crippen LogP contribution in [0.1, 0.15) is 87.0 Å². The summed E-state index contributed by atoms with van der Waals surface area (Å²) in [5.74, 6) is -3.19. The molecule has 0 aliphatic carbocycles. The van der Waals surface area contributed by atoms with Crippen molar-refractivity contribution in [1.82, 2.24) is 4.90 Å². The van der Waals surface area contributed by atoms with Gasteiger partial charge in [0.2, 0.25) is 6.41 Å². The average molecular weight is 892 g/mol. The van der Waals surface area contributed by atoms with Crippen molar-refractivity contribution in [1.29, 1.82) is 0 Å². The number of hydrogen-bond donors (Lipinski definition) is 1. The molecule has 15 nitrogen and oxygen atoms in total. The molecule has 1 fully saturated rings. The highest BCUT2D eigenvalue weighted by Crippen LogP contribution is 2.44. The molecule has 1 N–H and O–H groups in total. The van der Waals surface area contributed by atoms with Crippen LogP contribution in [0.3, 0.4) is 0 Å². The molecule has 3 aliphatic rings. The number of aliphatic hydroxyl groups is 1. The normalized spacial score (nSPS) is 34.0. The summed E-state index contributed by atoms with van der Waals surface area (Å²) in [4.78, 5) is 52.7. The predicted molar refractivity (Wildman–Crippen MR) is 236 cm³/mol. The van der Waals surface area contributed by atoms with Gasteiger partial charge in [0.1, 0.15) is 23.6 Å². The number of ether oxygens (including phenoxy) is 9. The van der Waals surface area contributed by atoms with E-state index in [0.717, 1.165) is 0 Å². The van der Waals surface area contributed by atoms with E-state index in [-0.39, 0.29) is 36.2 Å². The third-order valence-corrected chi connectivity index (χ3v) is 13.2. The van der Waals surface area contributed by atoms with Crippen molar-refractivity contribution in [3.05, 3.63) is 48.2 Å². The summed E-state index contributed by atoms with van der Waals surface area (Å²) in [5, 5.41) is 11.2. The van der Waals surface area contributed by atoms with Crippen LogP contribution < -0.4 is 0 Å². The van der Waals surface area contributed by atoms with Gasteiger partial charge in [-0.2, -0.15) is 0 Å². The Bertz CT molecular complexity index is 1580. The fourth-order valence-electron chi connectivity index (χ4n) is 9.31. The molecule has 0 aromatic carbocycles. The van der Waals surface area contributed by atoms with Crippen LogP contribution in [0.25, 0.3) is 0 Å². The SMILES string of the molecule is CO[C@H]([C@H](C)/C=C/N(C)C=O)[C@@H](C)C(=O)CC[C@H](C)[C@H](OC(C)=O)[C@H](C)[C@@H]1OC(=O)/C=C/C(C)=C/[C@H](O)[C@H](OC)C[C@@H]2C=CC[C@@H](C[C@H](OC)[C@@]3(CO3)[C@@H](OC)C[C@@H](OC)[C@@H]1C)O2. The predicted octanol–water partition coefficient (Wildman–Crippen LogP) is 5.57. The third kappa shape index (κ3) is 15.4. The number of fused-ring (bicyclic) bond motifs is 2. The lowest BCUT2D eigenvalue weighted by Crippen LogP contribution is -2.50. The molecule has 358 valence electrons. The first-order valence-electron chi connectivity index (χ1n) is 22.3. The molecule has 63 heavy (non-hydrogen) atoms. The second-order valence-corrected chi connectivity index (χ2v) is 17.8. The molecule has 0 saturated carbocycles. The first kappa shape index (κ1) is 54.1. The Morgan fingerprint density at radius 1 is 0.968 bits per heavy atom. The molecule has 3 aliphatic heterocycles. The van der Waals surface area contributed by atoms with Crippen LogP contribution in [0.4, 0.5) is 0 Å². The highest BCUT2D eigenvalue weighted by atomic mass is 16.6. The van der Waals surface area contributed by atoms with E-state index in [2.05, 4.69) is 6.08 Å². The molecule has 2 bridgehead atoms. The molecule has 16 atom stereocenters. The highest BCUT2D eigenvalue weighted by Gasteiger charge is 2.59. The van der Waals surface area contributed by atoms with Gasteiger partial charge in [-0.25, -0.2) is 4.79 Å². The Balaban J connectivity index is 2.00. The number of Topliss-reactive ketones (excluding diaryl/α,β-unsaturated/α-hetero) is 1. The summed E-state index contributed by atoms with van der Waals surface area (Å²) in [5.41, 5.74) is -0.184. The van der Waals surface area contributed by atoms with Gasteiger partial charge in [0.15, 0.2) is 0 Å². The minimum absolute atomic E-state index is 0.0215. The minimum Gasteiger partial charge on any atom is -0.462 e. The fourth-order valence-corrected chi connectivity index (χ4v) is 9.31. The topological polar surface area (TPSA) is 178 Å². The van der Waals surface area contributed by atoms with Crippen molar-refractivity contribution < 1.29 is 66.9 Å². The van der Waals surface area contributed by atoms with E-state index in [9.17, 15) is 24.3 Å². The summed E-state index contributed by atoms with van der Waals surface area (Å²) in [6.07, 6.45) is 9.72. The summed E-state index contributed by atoms with van der Waals surface area (Å²) in [6, 6.07) is 0. The van der Waals surface area contributed by atoms with E-state index in [0.29, 0.717) is 50.7 Å². The largest absolute Gasteiger partial charge is 0.462 e. The number of carbonyl (C=O) groups excluding carboxylic acids is 4. The Hall–Kier alpha value is -3.28. The maximum absolute atomic E-state index is 13.8. The maximum atomic E-state index is 13.8. The van der Waals surface area contributed by atoms with E-state index in [1.165, 1.54) is 17.9 Å². The van der Waals surface area contributed by atoms with Gasteiger partial charge in [0, 0.05) is 111 Å². The van der Waals surface area contributed by atoms with Crippen molar-refractivity contribution in [2.75, 3.05) is 49.2 Å². The standard InChI is InChI=1S/C48H77NO14/c1-29-17-20-44(54)63-47(34(6)46(61-35(7)51)30(2)18-19-38(52)32(4)45(59-13)31(3)21-22-49(8)28-50)33(5)40(55-9)26-43(58-12)48(27-60-48)42(57-11)25-37-16-14-15-36(62-37)24-41(56-10)39(53)23-29/h14-15,17,20-23,28,30-34,36-37,39-43,45-47,53H,16,18-19,24-27H2,1-13H3/b20-17+,22-21+,29-23+/t30-,31+,32-,33-,34-,36-,37-,39-,40+,41+,42-,43-,45+,46-,47+,48-/m0/s1. The molecule has 0 aromatic rings. The Kier molecular flexibility index (Phi) is 22.3. The van der Waals surface area contributed by atoms with Gasteiger partial charge < -0.3 is 52.6 Å². The number of rotatable bonds is 18. The monoisotopic (exact) mass is 892 g/mol. The van der Waals surface area contributed by atoms with E-state index < -0.39 is 84.1 Å². The molecular formula is C48H77NO14. The van der Waals surface area contributed by atoms with Crippen LogP contribution in [-0.2, 0) is 61.8 Å². The van der Waals surface area contributed by atoms with Crippen LogP contribution in [0.5, 0.6) is 0 Å². The Morgan fingerprint density at radius 3 is 2.19 bits per heavy atom. The zero-order chi connectivity index (χ0) is 47.0. The number of allylic oxidation sites excluding steroid dienone is 2. The molecule has 1 amide bonds. The Labute approximate surface area is 375 Å². The van der Waals surface area contributed by atoms with Crippen molar-refractivity contribution in [3.63, 3.8) is 0 Å². The summed E-state index contributed by atoms with van der Waals surface area (Å²) in [7, 11) is 9.61. The van der Waals surface area contributed by atoms with Gasteiger partial charge >= 0.3 is 11.9 Å². The number of ketones is 1. The van der Waals surface area contributed by atoms with Gasteiger partial charge in [-0.15, -0.1) is 0 Å². The third-order valence-electron chi connectivity index (χ3n) is 13.2. The zero-order valence-electron chi connectivity index (χ0n) is 39.9. The van der Waals surface area contributed by atoms with Gasteiger partial charge in [0.25, 0.3) is 0 Å². The average Bonchev–Trinajstić information content (AvgIpc) is 4.07. The number of hydrogen-bond acceptors (Lipinski definition) is 14. The number of esters is 2. The van der Waals surface area contributed by atoms with Crippen molar-refractivity contribution >= 4 is 24.1 Å². The van der Waals surface area contributed by atoms with E-state index in [1.807, 2.05) is 46.8 Å². The Morgan fingerprint density at radius 2 is 1.62 bits per heavy atom. The number of amides is 1. The molecular weight excluding hydrogens is 815 g/mol. The lowest BCUT2D eigenvalue weighted by atomic mass is 9.78. The van der Waals surface area contributed by atoms with E-state index >= 15 is 0 Å². The van der Waals surface area contributed by atoms with Crippen molar-refractivity contribution in [2.45, 2.75) is 154 Å². The van der Waals surface area contributed by atoms with Crippen LogP contribution in [0, 0.1) is 29.6 Å². The summed E-state index contributed by atoms with van der Waals surface area (Å²) in [6.45, 7) is 13.0. The molecule has 0 unspecified atom stereocenters. The van der Waals surface area contributed by atoms with Gasteiger partial charge in [-0.3, -0.25) is 14.4 Å². The van der Waals surface area contributed by atoms with Gasteiger partial charge in [-0.05, 0) is 25.7 Å². The molecule has 3 heterocycles. The van der Waals surface area contributed by atoms with E-state index in [1.54, 1.807) is 67.9 Å². The van der Waals surface area contributed by atoms with Crippen LogP contribution in [0.2, 0.25) is 0 Å². The zero-order valence-corrected chi connectivity index (χ0v) is 39.9. The van der Waals surface area contributed by atoms with Crippen LogP contribution in [0.15, 0.2) is 48.2 Å². The molecule has 3 rings (SSSR count). The smallest absolute Gasteiger partial charge is 0.331 e. The number of carbonyl (C=O) groups is 4. The quantitative estimate of drug-likeness (QED) is 0.0782. The molecule has 0 aromatic heterocycles. The molecule has 15 heteroatoms. The van der Waals surface area contributed by atoms with Gasteiger partial charge in [0.05, 0.1) is 55.4 Å². The minimum atomic E-state index is -0.997. The first-order chi connectivity index (χ1) is 29.9. The lowest BCUT2D eigenvalue weighted by Gasteiger charge is -2.40. The number of cyclic esters (lactones) is 1. The fraction of sp³-hybridized carbons (Fsp3) is 0.750. The molecule has 1 saturated heterocycles. The maximum Gasteiger partial charge on any atom is 0.331 e. The lowest BCUT2D eigenvalue weighted by molar-refractivity contribution is -0.169. The molecule has 0 radical (unpaired) electrons. The number of aliphatic hydroxyl groups excluding tert-OH is 1. The second kappa shape index (κ2) is 26.0. The van der Waals surface area contributed by atoms with Crippen LogP contribution >= 0.6 is 0 Å². The van der Waals surface area contributed by atoms with Crippen molar-refractivity contribution in [3.8, 4) is 0 Å². The van der Waals surface area contributed by atoms with Crippen LogP contribution in [-0.4, -0.2) is 150 Å². The second-order valence-electron chi connectivity index (χ2n) is 17.8. The molecule has 1 spiro atoms.